The van der Waals surface area contributed by atoms with Crippen LogP contribution >= 0.6 is 0 Å². The maximum absolute atomic E-state index is 13.1. The van der Waals surface area contributed by atoms with Crippen LogP contribution < -0.4 is 30.6 Å². The van der Waals surface area contributed by atoms with Crippen molar-refractivity contribution in [3.05, 3.63) is 150 Å². The fourth-order valence-electron chi connectivity index (χ4n) is 4.90. The highest BCUT2D eigenvalue weighted by Gasteiger charge is 2.28. The van der Waals surface area contributed by atoms with Gasteiger partial charge in [-0.1, -0.05) is 66.7 Å². The first-order chi connectivity index (χ1) is 21.4. The summed E-state index contributed by atoms with van der Waals surface area (Å²) in [6.45, 7) is 0.694. The summed E-state index contributed by atoms with van der Waals surface area (Å²) in [4.78, 5) is 15.0. The fraction of sp³-hybridized carbons (Fsp3) is 0.111. The van der Waals surface area contributed by atoms with E-state index in [4.69, 9.17) is 31.1 Å². The molecule has 222 valence electrons. The van der Waals surface area contributed by atoms with Gasteiger partial charge in [-0.2, -0.15) is 0 Å². The summed E-state index contributed by atoms with van der Waals surface area (Å²) in [7, 11) is 1.56. The molecule has 8 heteroatoms. The molecule has 0 aliphatic heterocycles. The molecule has 0 aromatic heterocycles. The lowest BCUT2D eigenvalue weighted by Gasteiger charge is -2.32. The van der Waals surface area contributed by atoms with Crippen molar-refractivity contribution in [2.24, 2.45) is 11.5 Å². The van der Waals surface area contributed by atoms with Gasteiger partial charge < -0.3 is 30.6 Å². The van der Waals surface area contributed by atoms with Crippen LogP contribution in [-0.2, 0) is 17.9 Å². The van der Waals surface area contributed by atoms with Gasteiger partial charge in [0.05, 0.1) is 7.11 Å². The highest BCUT2D eigenvalue weighted by atomic mass is 16.5. The van der Waals surface area contributed by atoms with Crippen LogP contribution in [-0.4, -0.2) is 18.9 Å². The SMILES string of the molecule is COc1cc(C(C(N)=O)N(Cc2ccccc2)c2ccc(C(=N)N)cc2)ccc1OCc1cccc(Oc2ccccc2)c1. The van der Waals surface area contributed by atoms with Crippen LogP contribution in [0.5, 0.6) is 23.0 Å². The Kier molecular flexibility index (Phi) is 9.41. The summed E-state index contributed by atoms with van der Waals surface area (Å²) in [6.07, 6.45) is 0. The molecule has 0 saturated carbocycles. The molecule has 5 aromatic carbocycles. The topological polar surface area (TPSA) is 124 Å². The number of hydrogen-bond acceptors (Lipinski definition) is 6. The third-order valence-corrected chi connectivity index (χ3v) is 7.06. The van der Waals surface area contributed by atoms with E-state index in [0.717, 1.165) is 22.6 Å². The van der Waals surface area contributed by atoms with Crippen LogP contribution in [0.4, 0.5) is 5.69 Å². The summed E-state index contributed by atoms with van der Waals surface area (Å²) < 4.78 is 17.8. The Morgan fingerprint density at radius 3 is 2.07 bits per heavy atom. The standard InChI is InChI=1S/C36H34N4O4/c1-42-33-22-28(17-20-32(33)43-24-26-11-8-14-31(21-26)44-30-12-6-3-7-13-30)34(36(39)41)40(23-25-9-4-2-5-10-25)29-18-15-27(16-19-29)35(37)38/h2-22,34H,23-24H2,1H3,(H3,37,38)(H2,39,41). The molecule has 8 nitrogen and oxygen atoms in total. The number of rotatable bonds is 13. The minimum atomic E-state index is -0.826. The maximum atomic E-state index is 13.1. The zero-order valence-electron chi connectivity index (χ0n) is 24.4. The van der Waals surface area contributed by atoms with Crippen molar-refractivity contribution in [2.75, 3.05) is 12.0 Å². The van der Waals surface area contributed by atoms with E-state index in [1.165, 1.54) is 0 Å². The number of primary amides is 1. The second-order valence-corrected chi connectivity index (χ2v) is 10.1. The first-order valence-corrected chi connectivity index (χ1v) is 14.1. The van der Waals surface area contributed by atoms with E-state index in [1.54, 1.807) is 31.4 Å². The minimum absolute atomic E-state index is 0.0339. The van der Waals surface area contributed by atoms with Gasteiger partial charge in [-0.15, -0.1) is 0 Å². The molecule has 5 aromatic rings. The Bertz CT molecular complexity index is 1710. The Morgan fingerprint density at radius 1 is 0.750 bits per heavy atom. The van der Waals surface area contributed by atoms with Crippen LogP contribution in [0.15, 0.2) is 127 Å². The highest BCUT2D eigenvalue weighted by Crippen LogP contribution is 2.36. The number of anilines is 1. The molecule has 0 radical (unpaired) electrons. The van der Waals surface area contributed by atoms with E-state index < -0.39 is 11.9 Å². The first-order valence-electron chi connectivity index (χ1n) is 14.1. The zero-order valence-corrected chi connectivity index (χ0v) is 24.4. The van der Waals surface area contributed by atoms with Gasteiger partial charge in [-0.25, -0.2) is 0 Å². The predicted octanol–water partition coefficient (Wildman–Crippen LogP) is 6.58. The average molecular weight is 587 g/mol. The number of carbonyl (C=O) groups excluding carboxylic acids is 1. The van der Waals surface area contributed by atoms with E-state index in [0.29, 0.717) is 34.9 Å². The predicted molar refractivity (Wildman–Crippen MR) is 172 cm³/mol. The molecule has 1 atom stereocenters. The summed E-state index contributed by atoms with van der Waals surface area (Å²) in [5.74, 6) is 1.89. The molecule has 0 saturated heterocycles. The molecule has 0 aliphatic carbocycles. The number of para-hydroxylation sites is 1. The number of nitrogens with one attached hydrogen (secondary N) is 1. The zero-order chi connectivity index (χ0) is 30.9. The van der Waals surface area contributed by atoms with Gasteiger partial charge in [0.15, 0.2) is 11.5 Å². The number of nitrogens with two attached hydrogens (primary N) is 2. The van der Waals surface area contributed by atoms with Crippen LogP contribution in [0.2, 0.25) is 0 Å². The lowest BCUT2D eigenvalue weighted by molar-refractivity contribution is -0.119. The van der Waals surface area contributed by atoms with Gasteiger partial charge in [0.2, 0.25) is 5.91 Å². The Morgan fingerprint density at radius 2 is 1.41 bits per heavy atom. The molecule has 44 heavy (non-hydrogen) atoms. The number of amidine groups is 1. The van der Waals surface area contributed by atoms with E-state index >= 15 is 0 Å². The van der Waals surface area contributed by atoms with Crippen LogP contribution in [0, 0.1) is 5.41 Å². The fourth-order valence-corrected chi connectivity index (χ4v) is 4.90. The molecule has 0 bridgehead atoms. The molecule has 0 fully saturated rings. The number of nitrogens with zero attached hydrogens (tertiary/aromatic N) is 1. The largest absolute Gasteiger partial charge is 0.493 e. The molecular formula is C36H34N4O4. The van der Waals surface area contributed by atoms with E-state index in [1.807, 2.05) is 108 Å². The Balaban J connectivity index is 1.40. The lowest BCUT2D eigenvalue weighted by Crippen LogP contribution is -2.37. The second kappa shape index (κ2) is 13.9. The van der Waals surface area contributed by atoms with Crippen molar-refractivity contribution in [3.63, 3.8) is 0 Å². The summed E-state index contributed by atoms with van der Waals surface area (Å²) in [5, 5.41) is 7.75. The van der Waals surface area contributed by atoms with Crippen molar-refractivity contribution in [1.29, 1.82) is 5.41 Å². The molecule has 0 spiro atoms. The number of methoxy groups -OCH3 is 1. The van der Waals surface area contributed by atoms with Crippen LogP contribution in [0.3, 0.4) is 0 Å². The van der Waals surface area contributed by atoms with Crippen molar-refractivity contribution in [2.45, 2.75) is 19.2 Å². The van der Waals surface area contributed by atoms with E-state index in [2.05, 4.69) is 0 Å². The third kappa shape index (κ3) is 7.35. The van der Waals surface area contributed by atoms with E-state index in [-0.39, 0.29) is 12.4 Å². The number of amides is 1. The smallest absolute Gasteiger partial charge is 0.244 e. The highest BCUT2D eigenvalue weighted by molar-refractivity contribution is 5.95. The summed E-state index contributed by atoms with van der Waals surface area (Å²) in [6, 6.07) is 38.8. The van der Waals surface area contributed by atoms with Crippen LogP contribution in [0.1, 0.15) is 28.3 Å². The number of carbonyl (C=O) groups is 1. The molecule has 0 heterocycles. The third-order valence-electron chi connectivity index (χ3n) is 7.06. The van der Waals surface area contributed by atoms with Gasteiger partial charge in [-0.05, 0) is 77.4 Å². The molecule has 0 aliphatic rings. The van der Waals surface area contributed by atoms with Crippen molar-refractivity contribution in [1.82, 2.24) is 0 Å². The maximum Gasteiger partial charge on any atom is 0.244 e. The quantitative estimate of drug-likeness (QED) is 0.106. The normalized spacial score (nSPS) is 11.3. The number of nitrogen functional groups attached to an aromatic ring is 1. The van der Waals surface area contributed by atoms with Gasteiger partial charge in [0.1, 0.15) is 30.0 Å². The molecule has 5 N–H and O–H groups in total. The average Bonchev–Trinajstić information content (AvgIpc) is 3.04. The molecule has 1 unspecified atom stereocenters. The molecule has 1 amide bonds. The van der Waals surface area contributed by atoms with Gasteiger partial charge in [0.25, 0.3) is 0 Å². The number of ether oxygens (including phenoxy) is 3. The lowest BCUT2D eigenvalue weighted by atomic mass is 10.0. The van der Waals surface area contributed by atoms with Crippen molar-refractivity contribution in [3.8, 4) is 23.0 Å². The van der Waals surface area contributed by atoms with Gasteiger partial charge in [0, 0.05) is 17.8 Å². The summed E-state index contributed by atoms with van der Waals surface area (Å²) >= 11 is 0. The molecule has 5 rings (SSSR count). The molecular weight excluding hydrogens is 552 g/mol. The minimum Gasteiger partial charge on any atom is -0.493 e. The van der Waals surface area contributed by atoms with Gasteiger partial charge in [-0.3, -0.25) is 10.2 Å². The van der Waals surface area contributed by atoms with Crippen molar-refractivity contribution >= 4 is 17.4 Å². The van der Waals surface area contributed by atoms with Crippen molar-refractivity contribution < 1.29 is 19.0 Å². The van der Waals surface area contributed by atoms with Gasteiger partial charge >= 0.3 is 0 Å². The second-order valence-electron chi connectivity index (χ2n) is 10.1. The number of hydrogen-bond donors (Lipinski definition) is 3. The summed E-state index contributed by atoms with van der Waals surface area (Å²) in [5.41, 5.74) is 15.6. The Labute approximate surface area is 256 Å². The monoisotopic (exact) mass is 586 g/mol. The van der Waals surface area contributed by atoms with Crippen LogP contribution in [0.25, 0.3) is 0 Å². The first kappa shape index (κ1) is 29.7. The number of benzene rings is 5. The Hall–Kier alpha value is -5.76. The van der Waals surface area contributed by atoms with E-state index in [9.17, 15) is 4.79 Å².